The maximum atomic E-state index is 12.4. The zero-order valence-corrected chi connectivity index (χ0v) is 12.8. The second-order valence-corrected chi connectivity index (χ2v) is 6.03. The number of para-hydroxylation sites is 1. The Labute approximate surface area is 135 Å². The van der Waals surface area contributed by atoms with Gasteiger partial charge in [-0.25, -0.2) is 0 Å². The van der Waals surface area contributed by atoms with Gasteiger partial charge in [-0.05, 0) is 24.3 Å². The Hall–Kier alpha value is -2.24. The molecular formula is C18H19N3O2. The van der Waals surface area contributed by atoms with E-state index in [9.17, 15) is 4.79 Å². The molecule has 1 amide bonds. The number of carbonyl (C=O) groups is 1. The minimum atomic E-state index is 0.0390. The lowest BCUT2D eigenvalue weighted by atomic mass is 10.1. The number of fused-ring (bicyclic) bond motifs is 1. The highest BCUT2D eigenvalue weighted by Crippen LogP contribution is 2.29. The molecule has 0 radical (unpaired) electrons. The van der Waals surface area contributed by atoms with Gasteiger partial charge in [0.2, 0.25) is 0 Å². The highest BCUT2D eigenvalue weighted by Gasteiger charge is 2.43. The molecule has 5 heteroatoms. The van der Waals surface area contributed by atoms with Gasteiger partial charge in [0.15, 0.2) is 0 Å². The van der Waals surface area contributed by atoms with Crippen LogP contribution in [0, 0.1) is 0 Å². The maximum absolute atomic E-state index is 12.4. The number of ether oxygens (including phenoxy) is 1. The van der Waals surface area contributed by atoms with Crippen molar-refractivity contribution in [3.05, 3.63) is 60.4 Å². The summed E-state index contributed by atoms with van der Waals surface area (Å²) < 4.78 is 5.78. The Morgan fingerprint density at radius 2 is 1.91 bits per heavy atom. The van der Waals surface area contributed by atoms with Crippen LogP contribution in [0.3, 0.4) is 0 Å². The lowest BCUT2D eigenvalue weighted by molar-refractivity contribution is -0.130. The van der Waals surface area contributed by atoms with Crippen molar-refractivity contribution in [2.45, 2.75) is 18.7 Å². The molecule has 5 nitrogen and oxygen atoms in total. The van der Waals surface area contributed by atoms with E-state index in [2.05, 4.69) is 9.88 Å². The summed E-state index contributed by atoms with van der Waals surface area (Å²) in [5, 5.41) is 0. The number of pyridine rings is 1. The van der Waals surface area contributed by atoms with Gasteiger partial charge < -0.3 is 9.64 Å². The number of hydrogen-bond donors (Lipinski definition) is 0. The van der Waals surface area contributed by atoms with Gasteiger partial charge in [0, 0.05) is 31.5 Å². The second-order valence-electron chi connectivity index (χ2n) is 6.03. The summed E-state index contributed by atoms with van der Waals surface area (Å²) in [4.78, 5) is 21.0. The number of hydrogen-bond acceptors (Lipinski definition) is 4. The molecule has 1 aromatic carbocycles. The van der Waals surface area contributed by atoms with Gasteiger partial charge >= 0.3 is 0 Å². The molecule has 23 heavy (non-hydrogen) atoms. The highest BCUT2D eigenvalue weighted by molar-refractivity contribution is 5.95. The lowest BCUT2D eigenvalue weighted by Gasteiger charge is -2.36. The predicted octanol–water partition coefficient (Wildman–Crippen LogP) is 1.70. The number of likely N-dealkylation sites (tertiary alicyclic amines) is 1. The van der Waals surface area contributed by atoms with E-state index in [1.54, 1.807) is 0 Å². The molecule has 1 aromatic heterocycles. The number of aromatic nitrogens is 1. The van der Waals surface area contributed by atoms with Crippen molar-refractivity contribution in [2.75, 3.05) is 24.6 Å². The monoisotopic (exact) mass is 309 g/mol. The Bertz CT molecular complexity index is 677. The largest absolute Gasteiger partial charge is 0.365 e. The summed E-state index contributed by atoms with van der Waals surface area (Å²) >= 11 is 0. The van der Waals surface area contributed by atoms with E-state index in [1.807, 2.05) is 59.6 Å². The molecule has 0 unspecified atom stereocenters. The molecule has 2 aromatic rings. The number of nitrogens with zero attached hydrogens (tertiary/aromatic N) is 3. The van der Waals surface area contributed by atoms with E-state index in [1.165, 1.54) is 0 Å². The number of rotatable bonds is 3. The molecule has 118 valence electrons. The molecular weight excluding hydrogens is 290 g/mol. The Balaban J connectivity index is 1.53. The fraction of sp³-hybridized carbons (Fsp3) is 0.333. The third kappa shape index (κ3) is 2.85. The van der Waals surface area contributed by atoms with E-state index in [0.29, 0.717) is 0 Å². The molecule has 0 bridgehead atoms. The Morgan fingerprint density at radius 3 is 2.70 bits per heavy atom. The quantitative estimate of drug-likeness (QED) is 0.866. The summed E-state index contributed by atoms with van der Waals surface area (Å²) in [5.74, 6) is 0.0390. The van der Waals surface area contributed by atoms with Crippen molar-refractivity contribution in [2.24, 2.45) is 0 Å². The smallest absolute Gasteiger partial charge is 0.253 e. The first-order chi connectivity index (χ1) is 11.3. The zero-order valence-electron chi connectivity index (χ0n) is 12.8. The zero-order chi connectivity index (χ0) is 15.6. The van der Waals surface area contributed by atoms with Crippen molar-refractivity contribution in [3.8, 4) is 0 Å². The Kier molecular flexibility index (Phi) is 3.81. The molecule has 2 fully saturated rings. The molecule has 4 rings (SSSR count). The molecule has 3 heterocycles. The van der Waals surface area contributed by atoms with Gasteiger partial charge in [-0.2, -0.15) is 0 Å². The van der Waals surface area contributed by atoms with Crippen LogP contribution in [0.15, 0.2) is 54.7 Å². The first kappa shape index (κ1) is 14.4. The highest BCUT2D eigenvalue weighted by atomic mass is 16.5. The number of carbonyl (C=O) groups excluding carboxylic acids is 1. The van der Waals surface area contributed by atoms with Gasteiger partial charge in [0.25, 0.3) is 5.91 Å². The van der Waals surface area contributed by atoms with Crippen LogP contribution in [0.2, 0.25) is 0 Å². The van der Waals surface area contributed by atoms with Crippen LogP contribution in [-0.2, 0) is 16.1 Å². The third-order valence-corrected chi connectivity index (χ3v) is 4.48. The van der Waals surface area contributed by atoms with Gasteiger partial charge in [-0.3, -0.25) is 14.7 Å². The van der Waals surface area contributed by atoms with Crippen molar-refractivity contribution in [1.29, 1.82) is 0 Å². The van der Waals surface area contributed by atoms with Crippen molar-refractivity contribution in [1.82, 2.24) is 9.88 Å². The minimum absolute atomic E-state index is 0.0390. The van der Waals surface area contributed by atoms with Gasteiger partial charge in [-0.15, -0.1) is 0 Å². The van der Waals surface area contributed by atoms with E-state index < -0.39 is 0 Å². The van der Waals surface area contributed by atoms with Crippen LogP contribution in [0.1, 0.15) is 5.69 Å². The molecule has 0 N–H and O–H groups in total. The molecule has 0 aliphatic carbocycles. The van der Waals surface area contributed by atoms with Crippen LogP contribution in [0.4, 0.5) is 5.69 Å². The van der Waals surface area contributed by atoms with E-state index in [-0.39, 0.29) is 24.7 Å². The molecule has 2 aliphatic rings. The second kappa shape index (κ2) is 6.10. The lowest BCUT2D eigenvalue weighted by Crippen LogP contribution is -2.54. The SMILES string of the molecule is O=C1CO[C@H]2CN(Cc3ccccn3)C[C@@H]2N1c1ccccc1. The molecule has 0 saturated carbocycles. The fourth-order valence-corrected chi connectivity index (χ4v) is 3.45. The number of morpholine rings is 1. The average Bonchev–Trinajstić information content (AvgIpc) is 2.99. The van der Waals surface area contributed by atoms with E-state index >= 15 is 0 Å². The first-order valence-electron chi connectivity index (χ1n) is 7.92. The van der Waals surface area contributed by atoms with Gasteiger partial charge in [0.05, 0.1) is 17.8 Å². The van der Waals surface area contributed by atoms with Gasteiger partial charge in [0.1, 0.15) is 6.61 Å². The van der Waals surface area contributed by atoms with Crippen LogP contribution in [-0.4, -0.2) is 47.6 Å². The van der Waals surface area contributed by atoms with Crippen molar-refractivity contribution >= 4 is 11.6 Å². The third-order valence-electron chi connectivity index (χ3n) is 4.48. The molecule has 2 atom stereocenters. The van der Waals surface area contributed by atoms with Gasteiger partial charge in [-0.1, -0.05) is 24.3 Å². The number of anilines is 1. The van der Waals surface area contributed by atoms with Crippen LogP contribution in [0.5, 0.6) is 0 Å². The minimum Gasteiger partial charge on any atom is -0.365 e. The van der Waals surface area contributed by atoms with E-state index in [0.717, 1.165) is 31.0 Å². The standard InChI is InChI=1S/C18H19N3O2/c22-18-13-23-17-12-20(10-14-6-4-5-9-19-14)11-16(17)21(18)15-7-2-1-3-8-15/h1-9,16-17H,10-13H2/t16-,17-/m0/s1. The predicted molar refractivity (Wildman–Crippen MR) is 87.0 cm³/mol. The van der Waals surface area contributed by atoms with E-state index in [4.69, 9.17) is 4.74 Å². The molecule has 2 aliphatic heterocycles. The molecule has 0 spiro atoms. The summed E-state index contributed by atoms with van der Waals surface area (Å²) in [7, 11) is 0. The maximum Gasteiger partial charge on any atom is 0.253 e. The van der Waals surface area contributed by atoms with Crippen molar-refractivity contribution in [3.63, 3.8) is 0 Å². The number of benzene rings is 1. The normalized spacial score (nSPS) is 24.7. The summed E-state index contributed by atoms with van der Waals surface area (Å²) in [6, 6.07) is 15.9. The first-order valence-corrected chi connectivity index (χ1v) is 7.92. The fourth-order valence-electron chi connectivity index (χ4n) is 3.45. The summed E-state index contributed by atoms with van der Waals surface area (Å²) in [5.41, 5.74) is 2.00. The Morgan fingerprint density at radius 1 is 1.09 bits per heavy atom. The summed E-state index contributed by atoms with van der Waals surface area (Å²) in [6.45, 7) is 2.58. The summed E-state index contributed by atoms with van der Waals surface area (Å²) in [6.07, 6.45) is 1.88. The average molecular weight is 309 g/mol. The molecule has 2 saturated heterocycles. The topological polar surface area (TPSA) is 45.7 Å². The van der Waals surface area contributed by atoms with Crippen LogP contribution >= 0.6 is 0 Å². The van der Waals surface area contributed by atoms with Crippen LogP contribution < -0.4 is 4.90 Å². The van der Waals surface area contributed by atoms with Crippen molar-refractivity contribution < 1.29 is 9.53 Å². The van der Waals surface area contributed by atoms with Crippen LogP contribution in [0.25, 0.3) is 0 Å². The number of amides is 1.